The number of carbonyl (C=O) groups is 2. The van der Waals surface area contributed by atoms with Gasteiger partial charge in [0.1, 0.15) is 6.04 Å². The van der Waals surface area contributed by atoms with Crippen LogP contribution in [0.1, 0.15) is 70.2 Å². The highest BCUT2D eigenvalue weighted by molar-refractivity contribution is 6.23. The van der Waals surface area contributed by atoms with Gasteiger partial charge in [-0.1, -0.05) is 32.1 Å². The number of methoxy groups -OCH3 is 1. The lowest BCUT2D eigenvalue weighted by Gasteiger charge is -2.35. The molecule has 3 aromatic rings. The molecule has 1 unspecified atom stereocenters. The number of hydrazine groups is 1. The van der Waals surface area contributed by atoms with Gasteiger partial charge in [-0.25, -0.2) is 5.43 Å². The van der Waals surface area contributed by atoms with E-state index in [2.05, 4.69) is 105 Å². The zero-order chi connectivity index (χ0) is 36.5. The number of amides is 1. The fourth-order valence-corrected chi connectivity index (χ4v) is 8.04. The highest BCUT2D eigenvalue weighted by Gasteiger charge is 2.35. The second kappa shape index (κ2) is 15.4. The number of piperazine rings is 1. The lowest BCUT2D eigenvalue weighted by Crippen LogP contribution is -2.56. The van der Waals surface area contributed by atoms with Crippen molar-refractivity contribution in [3.8, 4) is 11.3 Å². The first kappa shape index (κ1) is 37.5. The SMILES string of the molecule is CCn1c(-c2cc(N3CCN(C)CC3)cnc2[C@@](C)([Si])OC)c2c3cc(ccc31)/C=C/CCC([Si])C(=O)N1CCC[C@H](N1)C(=O)OCC(C)(C)C2. The van der Waals surface area contributed by atoms with E-state index in [0.29, 0.717) is 25.8 Å². The highest BCUT2D eigenvalue weighted by Crippen LogP contribution is 2.43. The van der Waals surface area contributed by atoms with Crippen LogP contribution in [0.25, 0.3) is 28.2 Å². The number of anilines is 1. The van der Waals surface area contributed by atoms with Crippen molar-refractivity contribution in [1.29, 1.82) is 0 Å². The van der Waals surface area contributed by atoms with E-state index in [0.717, 1.165) is 84.7 Å². The first-order valence-electron chi connectivity index (χ1n) is 18.3. The molecule has 1 amide bonds. The molecule has 5 heterocycles. The number of carbonyl (C=O) groups excluding carboxylic acids is 2. The number of cyclic esters (lactones) is 1. The molecule has 10 nitrogen and oxygen atoms in total. The summed E-state index contributed by atoms with van der Waals surface area (Å²) in [7, 11) is 11.5. The Morgan fingerprint density at radius 2 is 1.88 bits per heavy atom. The summed E-state index contributed by atoms with van der Waals surface area (Å²) in [5.74, 6) is -0.383. The molecule has 6 radical (unpaired) electrons. The number of ether oxygens (including phenoxy) is 2. The van der Waals surface area contributed by atoms with Crippen molar-refractivity contribution in [1.82, 2.24) is 24.9 Å². The monoisotopic (exact) mass is 724 g/mol. The molecule has 4 bridgehead atoms. The number of nitrogens with one attached hydrogen (secondary N) is 1. The van der Waals surface area contributed by atoms with Crippen molar-refractivity contribution < 1.29 is 19.1 Å². The van der Waals surface area contributed by atoms with Crippen LogP contribution < -0.4 is 10.3 Å². The number of esters is 1. The number of rotatable bonds is 5. The Hall–Kier alpha value is -3.30. The summed E-state index contributed by atoms with van der Waals surface area (Å²) in [6.07, 6.45) is 9.66. The molecule has 3 aliphatic heterocycles. The molecule has 2 saturated heterocycles. The van der Waals surface area contributed by atoms with Gasteiger partial charge in [0, 0.05) is 84.0 Å². The van der Waals surface area contributed by atoms with Gasteiger partial charge in [-0.2, -0.15) is 0 Å². The lowest BCUT2D eigenvalue weighted by atomic mass is 9.84. The van der Waals surface area contributed by atoms with Crippen LogP contribution >= 0.6 is 0 Å². The van der Waals surface area contributed by atoms with Crippen LogP contribution in [-0.2, 0) is 37.3 Å². The van der Waals surface area contributed by atoms with Crippen molar-refractivity contribution in [2.45, 2.75) is 83.2 Å². The lowest BCUT2D eigenvalue weighted by molar-refractivity contribution is -0.154. The number of likely N-dealkylation sites (N-methyl/N-ethyl adjacent to an activating group) is 1. The van der Waals surface area contributed by atoms with Crippen molar-refractivity contribution in [2.75, 3.05) is 58.4 Å². The van der Waals surface area contributed by atoms with Crippen LogP contribution in [0.15, 0.2) is 36.5 Å². The molecular weight excluding hydrogens is 673 g/mol. The van der Waals surface area contributed by atoms with Gasteiger partial charge in [-0.15, -0.1) is 0 Å². The number of fused-ring (bicyclic) bond motifs is 3. The summed E-state index contributed by atoms with van der Waals surface area (Å²) in [5.41, 5.74) is 9.84. The zero-order valence-electron chi connectivity index (χ0n) is 31.1. The van der Waals surface area contributed by atoms with E-state index in [9.17, 15) is 9.59 Å². The van der Waals surface area contributed by atoms with Crippen LogP contribution in [0.2, 0.25) is 5.54 Å². The molecule has 3 atom stereocenters. The van der Waals surface area contributed by atoms with Crippen LogP contribution in [0.4, 0.5) is 5.69 Å². The molecule has 0 saturated carbocycles. The number of aromatic nitrogens is 2. The molecule has 0 aliphatic carbocycles. The van der Waals surface area contributed by atoms with Crippen molar-refractivity contribution in [3.05, 3.63) is 53.4 Å². The third kappa shape index (κ3) is 8.05. The Kier molecular flexibility index (Phi) is 11.3. The maximum atomic E-state index is 13.5. The molecule has 1 aromatic carbocycles. The van der Waals surface area contributed by atoms with E-state index in [1.165, 1.54) is 5.56 Å². The van der Waals surface area contributed by atoms with Crippen LogP contribution in [-0.4, -0.2) is 111 Å². The van der Waals surface area contributed by atoms with E-state index < -0.39 is 16.7 Å². The van der Waals surface area contributed by atoms with Gasteiger partial charge < -0.3 is 23.8 Å². The minimum absolute atomic E-state index is 0.0584. The molecule has 51 heavy (non-hydrogen) atoms. The van der Waals surface area contributed by atoms with E-state index >= 15 is 0 Å². The average Bonchev–Trinajstić information content (AvgIpc) is 3.43. The number of benzene rings is 1. The number of hydrogen-bond acceptors (Lipinski definition) is 8. The standard InChI is InChI=1S/C39H52N6O4Si2/c1-7-44-32-15-14-26-11-8-9-13-33(50)36(46)45-16-10-12-31(41-45)37(47)49-25-38(2,3)23-30(28(32)21-26)34(44)29-22-27(43-19-17-42(5)18-20-43)24-40-35(29)39(4,51)48-6/h8,11,14-15,21-22,24,31,33,41H,7,9-10,12-13,16-20,23,25H2,1-6H3/b11-8+/t31-,33?,39+/m0/s1. The van der Waals surface area contributed by atoms with E-state index in [1.807, 2.05) is 13.1 Å². The topological polar surface area (TPSA) is 92.2 Å². The number of hydrogen-bond donors (Lipinski definition) is 1. The maximum absolute atomic E-state index is 13.5. The van der Waals surface area contributed by atoms with Crippen LogP contribution in [0.3, 0.4) is 0 Å². The van der Waals surface area contributed by atoms with Crippen LogP contribution in [0, 0.1) is 5.41 Å². The summed E-state index contributed by atoms with van der Waals surface area (Å²) >= 11 is 0. The second-order valence-electron chi connectivity index (χ2n) is 15.3. The molecule has 270 valence electrons. The summed E-state index contributed by atoms with van der Waals surface area (Å²) in [5, 5.41) is 1.92. The molecule has 2 aromatic heterocycles. The summed E-state index contributed by atoms with van der Waals surface area (Å²) < 4.78 is 14.5. The normalized spacial score (nSPS) is 24.2. The Bertz CT molecular complexity index is 1780. The van der Waals surface area contributed by atoms with Crippen molar-refractivity contribution in [3.63, 3.8) is 0 Å². The quantitative estimate of drug-likeness (QED) is 0.296. The molecule has 0 spiro atoms. The summed E-state index contributed by atoms with van der Waals surface area (Å²) in [4.78, 5) is 36.6. The van der Waals surface area contributed by atoms with E-state index in [-0.39, 0.29) is 24.0 Å². The predicted octanol–water partition coefficient (Wildman–Crippen LogP) is 4.83. The second-order valence-corrected chi connectivity index (χ2v) is 16.9. The Morgan fingerprint density at radius 1 is 1.12 bits per heavy atom. The summed E-state index contributed by atoms with van der Waals surface area (Å²) in [6.45, 7) is 13.9. The Morgan fingerprint density at radius 3 is 2.61 bits per heavy atom. The smallest absolute Gasteiger partial charge is 0.324 e. The fraction of sp³-hybridized carbons (Fsp3) is 0.564. The molecule has 3 aliphatic rings. The van der Waals surface area contributed by atoms with Crippen LogP contribution in [0.5, 0.6) is 0 Å². The third-order valence-electron chi connectivity index (χ3n) is 10.6. The molecule has 12 heteroatoms. The Labute approximate surface area is 309 Å². The first-order valence-corrected chi connectivity index (χ1v) is 19.4. The molecule has 2 fully saturated rings. The van der Waals surface area contributed by atoms with E-state index in [1.54, 1.807) is 12.1 Å². The molecular formula is C39H52N6O4Si2. The number of aryl methyl sites for hydroxylation is 1. The molecule has 1 N–H and O–H groups in total. The average molecular weight is 725 g/mol. The number of nitrogens with zero attached hydrogens (tertiary/aromatic N) is 5. The minimum Gasteiger partial charge on any atom is -0.464 e. The van der Waals surface area contributed by atoms with Gasteiger partial charge in [0.05, 0.1) is 45.3 Å². The van der Waals surface area contributed by atoms with Gasteiger partial charge in [0.2, 0.25) is 5.91 Å². The third-order valence-corrected chi connectivity index (χ3v) is 11.6. The largest absolute Gasteiger partial charge is 0.464 e. The number of pyridine rings is 1. The van der Waals surface area contributed by atoms with Crippen molar-refractivity contribution >= 4 is 55.0 Å². The minimum atomic E-state index is -0.832. The number of allylic oxidation sites excluding steroid dienone is 1. The predicted molar refractivity (Wildman–Crippen MR) is 205 cm³/mol. The fourth-order valence-electron chi connectivity index (χ4n) is 7.52. The highest BCUT2D eigenvalue weighted by atomic mass is 28.1. The zero-order valence-corrected chi connectivity index (χ0v) is 33.1. The van der Waals surface area contributed by atoms with Gasteiger partial charge in [-0.3, -0.25) is 19.6 Å². The van der Waals surface area contributed by atoms with Crippen molar-refractivity contribution in [2.24, 2.45) is 5.41 Å². The maximum Gasteiger partial charge on any atom is 0.324 e. The van der Waals surface area contributed by atoms with E-state index in [4.69, 9.17) is 14.5 Å². The molecule has 6 rings (SSSR count). The summed E-state index contributed by atoms with van der Waals surface area (Å²) in [6, 6.07) is 8.39. The first-order chi connectivity index (χ1) is 24.3. The van der Waals surface area contributed by atoms with Gasteiger partial charge in [0.15, 0.2) is 0 Å². The van der Waals surface area contributed by atoms with Gasteiger partial charge in [0.25, 0.3) is 0 Å². The van der Waals surface area contributed by atoms with Gasteiger partial charge >= 0.3 is 5.97 Å². The Balaban J connectivity index is 1.51. The van der Waals surface area contributed by atoms with Gasteiger partial charge in [-0.05, 0) is 82.3 Å².